The lowest BCUT2D eigenvalue weighted by Crippen LogP contribution is -1.87. The molecule has 0 aliphatic rings. The number of thiophene rings is 7. The second-order valence-corrected chi connectivity index (χ2v) is 32.1. The fourth-order valence-corrected chi connectivity index (χ4v) is 15.6. The Morgan fingerprint density at radius 1 is 0.252 bits per heavy atom. The Morgan fingerprint density at radius 2 is 0.580 bits per heavy atom. The molecule has 21 aromatic rings. The maximum Gasteiger partial charge on any atom is 0.268 e. The molecule has 0 amide bonds. The normalized spacial score (nSPS) is 10.6. The fraction of sp³-hybridized carbons (Fsp3) is 0.0455. The standard InChI is InChI=1S/C14H12N2OS.C13H9FN2OS.C13H10N2OS.C12H7ClN2OS.C12H7FN2OS.2C12H8N2OS/c1-9-5-6-11(10(2)8-9)13-15-14(17-16-13)12-4-3-7-18-12;1-8-7-9(14)4-5-10(8)12-15-13(17-16-12)11-3-2-6-18-11;1-9-4-6-10(7-5-9)12-14-13(16-15-12)11-3-2-8-17-11;2*13-9-4-1-3-8(7-9)11-14-12(16-15-11)10-5-2-6-17-10;1-2-5-9(6-3-1)11-13-12(15-14-11)10-7-4-8-16-10;1-2-4-9(5-3-1)11-13-12(15-14-11)10-6-7-16-8-10/h3-8H,1-2H3;2-7H,1H3;2-8H,1H3;2*1-7H;2*1-8H. The van der Waals surface area contributed by atoms with Gasteiger partial charge in [-0.25, -0.2) is 8.78 Å². The van der Waals surface area contributed by atoms with Gasteiger partial charge in [-0.2, -0.15) is 46.2 Å². The van der Waals surface area contributed by atoms with Crippen LogP contribution in [-0.4, -0.2) is 71.0 Å². The summed E-state index contributed by atoms with van der Waals surface area (Å²) in [5, 5.41) is 44.1. The van der Waals surface area contributed by atoms with Crippen molar-refractivity contribution < 1.29 is 40.4 Å². The SMILES string of the molecule is Cc1cc(F)ccc1-c1noc(-c2cccs2)n1.Cc1ccc(-c2noc(-c3cccs3)n2)c(C)c1.Cc1ccc(-c2noc(-c3cccs3)n2)cc1.Clc1cccc(-c2noc(-c3cccs3)n2)c1.Fc1cccc(-c2noc(-c3cccs3)n2)c1.c1ccc(-c2noc(-c3cccs3)n2)cc1.c1ccc(-c2noc(-c3ccsc3)n2)cc1. The minimum Gasteiger partial charge on any atom is -0.334 e. The van der Waals surface area contributed by atoms with Crippen molar-refractivity contribution in [3.63, 3.8) is 0 Å². The summed E-state index contributed by atoms with van der Waals surface area (Å²) in [6.07, 6.45) is 0. The molecule has 0 fully saturated rings. The quantitative estimate of drug-likeness (QED) is 0.0978. The van der Waals surface area contributed by atoms with E-state index < -0.39 is 0 Å². The first-order valence-electron chi connectivity index (χ1n) is 36.0. The van der Waals surface area contributed by atoms with E-state index in [9.17, 15) is 8.78 Å². The van der Waals surface area contributed by atoms with Gasteiger partial charge in [0.25, 0.3) is 41.2 Å². The van der Waals surface area contributed by atoms with Crippen molar-refractivity contribution in [2.75, 3.05) is 0 Å². The molecule has 0 spiro atoms. The van der Waals surface area contributed by atoms with Gasteiger partial charge >= 0.3 is 0 Å². The number of aryl methyl sites for hydroxylation is 4. The third kappa shape index (κ3) is 21.4. The molecule has 0 saturated heterocycles. The molecular weight excluding hydrogens is 1660 g/mol. The van der Waals surface area contributed by atoms with Crippen LogP contribution in [0.2, 0.25) is 5.02 Å². The number of hydrogen-bond acceptors (Lipinski definition) is 28. The Labute approximate surface area is 710 Å². The molecule has 0 atom stereocenters. The van der Waals surface area contributed by atoms with Crippen LogP contribution < -0.4 is 0 Å². The molecule has 0 aliphatic heterocycles. The Hall–Kier alpha value is -13.4. The largest absolute Gasteiger partial charge is 0.334 e. The smallest absolute Gasteiger partial charge is 0.268 e. The van der Waals surface area contributed by atoms with E-state index in [1.54, 1.807) is 74.9 Å². The number of nitrogens with zero attached hydrogens (tertiary/aromatic N) is 14. The molecule has 21 nitrogen and oxygen atoms in total. The van der Waals surface area contributed by atoms with Crippen LogP contribution in [0.15, 0.2) is 323 Å². The van der Waals surface area contributed by atoms with Crippen molar-refractivity contribution >= 4 is 91.0 Å². The summed E-state index contributed by atoms with van der Waals surface area (Å²) in [6, 6.07) is 77.2. The van der Waals surface area contributed by atoms with Crippen molar-refractivity contribution in [3.05, 3.63) is 331 Å². The predicted octanol–water partition coefficient (Wildman–Crippen LogP) is 26.4. The van der Waals surface area contributed by atoms with E-state index in [0.29, 0.717) is 92.6 Å². The van der Waals surface area contributed by atoms with Crippen LogP contribution in [-0.2, 0) is 0 Å². The molecule has 14 aromatic heterocycles. The van der Waals surface area contributed by atoms with Crippen LogP contribution >= 0.6 is 91.0 Å². The van der Waals surface area contributed by atoms with Gasteiger partial charge in [0.2, 0.25) is 40.8 Å². The summed E-state index contributed by atoms with van der Waals surface area (Å²) in [6.45, 7) is 8.00. The topological polar surface area (TPSA) is 272 Å². The summed E-state index contributed by atoms with van der Waals surface area (Å²) in [5.74, 6) is 7.18. The van der Waals surface area contributed by atoms with Gasteiger partial charge < -0.3 is 31.7 Å². The summed E-state index contributed by atoms with van der Waals surface area (Å²) >= 11 is 16.9. The zero-order valence-corrected chi connectivity index (χ0v) is 69.4. The Bertz CT molecular complexity index is 6270. The third-order valence-corrected chi connectivity index (χ3v) is 22.8. The molecule has 0 saturated carbocycles. The summed E-state index contributed by atoms with van der Waals surface area (Å²) in [4.78, 5) is 36.2. The first-order valence-corrected chi connectivity index (χ1v) is 42.6. The molecule has 0 N–H and O–H groups in total. The van der Waals surface area contributed by atoms with Crippen LogP contribution in [0.5, 0.6) is 0 Å². The van der Waals surface area contributed by atoms with E-state index in [4.69, 9.17) is 43.3 Å². The Balaban J connectivity index is 0.000000108. The monoisotopic (exact) mass is 1720 g/mol. The molecule has 14 heterocycles. The second-order valence-electron chi connectivity index (χ2n) is 25.2. The van der Waals surface area contributed by atoms with E-state index in [-0.39, 0.29) is 11.6 Å². The van der Waals surface area contributed by atoms with E-state index >= 15 is 0 Å². The van der Waals surface area contributed by atoms with Gasteiger partial charge in [0.1, 0.15) is 11.6 Å². The van der Waals surface area contributed by atoms with Crippen LogP contribution in [0.4, 0.5) is 8.78 Å². The van der Waals surface area contributed by atoms with Gasteiger partial charge in [-0.3, -0.25) is 0 Å². The van der Waals surface area contributed by atoms with Crippen molar-refractivity contribution in [2.24, 2.45) is 0 Å². The van der Waals surface area contributed by atoms with Gasteiger partial charge in [0.05, 0.1) is 34.8 Å². The summed E-state index contributed by atoms with van der Waals surface area (Å²) in [7, 11) is 0. The molecule has 119 heavy (non-hydrogen) atoms. The number of hydrogen-bond donors (Lipinski definition) is 0. The zero-order valence-electron chi connectivity index (χ0n) is 62.9. The van der Waals surface area contributed by atoms with Crippen LogP contribution in [0.3, 0.4) is 0 Å². The maximum atomic E-state index is 13.0. The lowest BCUT2D eigenvalue weighted by molar-refractivity contribution is 0.432. The van der Waals surface area contributed by atoms with Gasteiger partial charge in [-0.05, 0) is 161 Å². The predicted molar refractivity (Wildman–Crippen MR) is 465 cm³/mol. The van der Waals surface area contributed by atoms with Crippen LogP contribution in [0.25, 0.3) is 156 Å². The number of halogens is 3. The fourth-order valence-electron chi connectivity index (χ4n) is 10.9. The van der Waals surface area contributed by atoms with Crippen molar-refractivity contribution in [1.29, 1.82) is 0 Å². The zero-order chi connectivity index (χ0) is 81.7. The molecule has 7 aromatic carbocycles. The van der Waals surface area contributed by atoms with E-state index in [1.807, 2.05) is 244 Å². The maximum absolute atomic E-state index is 13.0. The molecular formula is C88H61ClF2N14O7S7. The first-order chi connectivity index (χ1) is 58.3. The highest BCUT2D eigenvalue weighted by Gasteiger charge is 2.19. The van der Waals surface area contributed by atoms with Crippen LogP contribution in [0.1, 0.15) is 22.3 Å². The number of aromatic nitrogens is 14. The van der Waals surface area contributed by atoms with E-state index in [0.717, 1.165) is 79.3 Å². The average Bonchev–Trinajstić information content (AvgIpc) is 1.73. The number of benzene rings is 7. The molecule has 0 bridgehead atoms. The highest BCUT2D eigenvalue weighted by molar-refractivity contribution is 7.15. The second kappa shape index (κ2) is 39.5. The number of rotatable bonds is 14. The molecule has 31 heteroatoms. The Morgan fingerprint density at radius 3 is 0.950 bits per heavy atom. The minimum absolute atomic E-state index is 0.266. The van der Waals surface area contributed by atoms with E-state index in [2.05, 4.69) is 104 Å². The lowest BCUT2D eigenvalue weighted by Gasteiger charge is -2.01. The van der Waals surface area contributed by atoms with E-state index in [1.165, 1.54) is 58.1 Å². The highest BCUT2D eigenvalue weighted by Crippen LogP contribution is 2.34. The van der Waals surface area contributed by atoms with Gasteiger partial charge in [0.15, 0.2) is 0 Å². The van der Waals surface area contributed by atoms with Crippen LogP contribution in [0, 0.1) is 39.3 Å². The molecule has 21 rings (SSSR count). The highest BCUT2D eigenvalue weighted by atomic mass is 35.5. The van der Waals surface area contributed by atoms with Crippen molar-refractivity contribution in [1.82, 2.24) is 71.0 Å². The van der Waals surface area contributed by atoms with Gasteiger partial charge in [-0.1, -0.05) is 223 Å². The minimum atomic E-state index is -0.315. The molecule has 0 aliphatic carbocycles. The van der Waals surface area contributed by atoms with Crippen molar-refractivity contribution in [3.8, 4) is 156 Å². The lowest BCUT2D eigenvalue weighted by atomic mass is 10.1. The summed E-state index contributed by atoms with van der Waals surface area (Å²) < 4.78 is 62.6. The molecule has 0 unspecified atom stereocenters. The van der Waals surface area contributed by atoms with Gasteiger partial charge in [0, 0.05) is 49.3 Å². The first kappa shape index (κ1) is 80.7. The molecule has 0 radical (unpaired) electrons. The molecule has 588 valence electrons. The average molecular weight is 1720 g/mol. The Kier molecular flexibility index (Phi) is 26.8. The van der Waals surface area contributed by atoms with Gasteiger partial charge in [-0.15, -0.1) is 68.0 Å². The third-order valence-electron chi connectivity index (χ3n) is 16.7. The summed E-state index contributed by atoms with van der Waals surface area (Å²) in [5.41, 5.74) is 11.5. The van der Waals surface area contributed by atoms with Crippen molar-refractivity contribution in [2.45, 2.75) is 27.7 Å².